The molecule has 2 atom stereocenters. The molecule has 7 heteroatoms. The third-order valence-corrected chi connectivity index (χ3v) is 4.08. The number of amides is 2. The molecule has 0 bridgehead atoms. The zero-order valence-electron chi connectivity index (χ0n) is 16.2. The first-order chi connectivity index (χ1) is 13.2. The van der Waals surface area contributed by atoms with Crippen LogP contribution in [0.2, 0.25) is 0 Å². The normalized spacial score (nSPS) is 12.6. The fourth-order valence-electron chi connectivity index (χ4n) is 2.37. The van der Waals surface area contributed by atoms with Gasteiger partial charge in [0.25, 0.3) is 11.8 Å². The molecule has 0 aliphatic heterocycles. The van der Waals surface area contributed by atoms with Crippen LogP contribution in [0.3, 0.4) is 0 Å². The van der Waals surface area contributed by atoms with E-state index in [0.29, 0.717) is 11.1 Å². The standard InChI is InChI=1S/C21H23FN2O4/c1-12-6-5-7-16(10-12)20(26)23-14(3)21(27)28-15(4)19(25)24-17-9-8-13(2)18(22)11-17/h5-11,14-15H,1-4H3,(H,23,26)(H,24,25)/t14-,15-/m0/s1. The molecule has 2 rings (SSSR count). The summed E-state index contributed by atoms with van der Waals surface area (Å²) >= 11 is 0. The summed E-state index contributed by atoms with van der Waals surface area (Å²) in [5.74, 6) is -2.22. The summed E-state index contributed by atoms with van der Waals surface area (Å²) in [7, 11) is 0. The second-order valence-corrected chi connectivity index (χ2v) is 6.60. The van der Waals surface area contributed by atoms with E-state index in [9.17, 15) is 18.8 Å². The molecule has 2 aromatic carbocycles. The molecule has 0 aliphatic rings. The van der Waals surface area contributed by atoms with E-state index in [4.69, 9.17) is 4.74 Å². The van der Waals surface area contributed by atoms with Crippen molar-refractivity contribution in [3.63, 3.8) is 0 Å². The highest BCUT2D eigenvalue weighted by Gasteiger charge is 2.23. The van der Waals surface area contributed by atoms with Gasteiger partial charge in [0, 0.05) is 11.3 Å². The fraction of sp³-hybridized carbons (Fsp3) is 0.286. The zero-order chi connectivity index (χ0) is 20.8. The van der Waals surface area contributed by atoms with E-state index in [1.165, 1.54) is 26.0 Å². The van der Waals surface area contributed by atoms with Crippen LogP contribution in [0.4, 0.5) is 10.1 Å². The van der Waals surface area contributed by atoms with Crippen LogP contribution in [0.15, 0.2) is 42.5 Å². The highest BCUT2D eigenvalue weighted by atomic mass is 19.1. The maximum absolute atomic E-state index is 13.6. The number of hydrogen-bond donors (Lipinski definition) is 2. The lowest BCUT2D eigenvalue weighted by Gasteiger charge is -2.18. The number of carbonyl (C=O) groups excluding carboxylic acids is 3. The van der Waals surface area contributed by atoms with Crippen molar-refractivity contribution in [2.24, 2.45) is 0 Å². The molecule has 148 valence electrons. The molecule has 2 aromatic rings. The summed E-state index contributed by atoms with van der Waals surface area (Å²) in [5.41, 5.74) is 2.06. The third-order valence-electron chi connectivity index (χ3n) is 4.08. The Balaban J connectivity index is 1.90. The van der Waals surface area contributed by atoms with Gasteiger partial charge in [-0.1, -0.05) is 23.8 Å². The minimum atomic E-state index is -1.12. The number of halogens is 1. The van der Waals surface area contributed by atoms with Crippen molar-refractivity contribution in [3.8, 4) is 0 Å². The first kappa shape index (κ1) is 21.1. The van der Waals surface area contributed by atoms with Gasteiger partial charge >= 0.3 is 5.97 Å². The van der Waals surface area contributed by atoms with Crippen molar-refractivity contribution in [2.75, 3.05) is 5.32 Å². The lowest BCUT2D eigenvalue weighted by Crippen LogP contribution is -2.42. The van der Waals surface area contributed by atoms with Crippen LogP contribution in [-0.2, 0) is 14.3 Å². The van der Waals surface area contributed by atoms with Crippen LogP contribution in [-0.4, -0.2) is 29.9 Å². The number of aryl methyl sites for hydroxylation is 2. The lowest BCUT2D eigenvalue weighted by atomic mass is 10.1. The number of benzene rings is 2. The minimum absolute atomic E-state index is 0.261. The highest BCUT2D eigenvalue weighted by Crippen LogP contribution is 2.14. The van der Waals surface area contributed by atoms with Crippen LogP contribution < -0.4 is 10.6 Å². The number of ether oxygens (including phenoxy) is 1. The van der Waals surface area contributed by atoms with E-state index >= 15 is 0 Å². The first-order valence-corrected chi connectivity index (χ1v) is 8.82. The maximum atomic E-state index is 13.6. The quantitative estimate of drug-likeness (QED) is 0.747. The van der Waals surface area contributed by atoms with Gasteiger partial charge in [-0.25, -0.2) is 9.18 Å². The Kier molecular flexibility index (Phi) is 6.87. The lowest BCUT2D eigenvalue weighted by molar-refractivity contribution is -0.154. The van der Waals surface area contributed by atoms with E-state index in [1.54, 1.807) is 31.2 Å². The topological polar surface area (TPSA) is 84.5 Å². The monoisotopic (exact) mass is 386 g/mol. The van der Waals surface area contributed by atoms with Crippen LogP contribution in [0, 0.1) is 19.7 Å². The summed E-state index contributed by atoms with van der Waals surface area (Å²) in [6, 6.07) is 10.3. The fourth-order valence-corrected chi connectivity index (χ4v) is 2.37. The van der Waals surface area contributed by atoms with Gasteiger partial charge in [0.15, 0.2) is 6.10 Å². The molecule has 0 aliphatic carbocycles. The van der Waals surface area contributed by atoms with E-state index in [2.05, 4.69) is 10.6 Å². The smallest absolute Gasteiger partial charge is 0.329 e. The molecule has 0 aromatic heterocycles. The average molecular weight is 386 g/mol. The van der Waals surface area contributed by atoms with Gasteiger partial charge in [-0.3, -0.25) is 9.59 Å². The summed E-state index contributed by atoms with van der Waals surface area (Å²) in [5, 5.41) is 5.02. The number of nitrogens with one attached hydrogen (secondary N) is 2. The molecule has 0 saturated carbocycles. The van der Waals surface area contributed by atoms with Gasteiger partial charge in [0.05, 0.1) is 0 Å². The van der Waals surface area contributed by atoms with Gasteiger partial charge in [0.1, 0.15) is 11.9 Å². The van der Waals surface area contributed by atoms with Crippen molar-refractivity contribution in [1.82, 2.24) is 5.32 Å². The Morgan fingerprint density at radius 2 is 1.75 bits per heavy atom. The van der Waals surface area contributed by atoms with Gasteiger partial charge < -0.3 is 15.4 Å². The Bertz CT molecular complexity index is 898. The molecule has 2 amide bonds. The zero-order valence-corrected chi connectivity index (χ0v) is 16.2. The molecule has 0 radical (unpaired) electrons. The molecular weight excluding hydrogens is 363 g/mol. The van der Waals surface area contributed by atoms with E-state index in [-0.39, 0.29) is 5.69 Å². The number of anilines is 1. The SMILES string of the molecule is Cc1cccc(C(=O)N[C@@H](C)C(=O)O[C@@H](C)C(=O)Nc2ccc(C)c(F)c2)c1. The molecule has 0 unspecified atom stereocenters. The highest BCUT2D eigenvalue weighted by molar-refractivity contribution is 5.98. The van der Waals surface area contributed by atoms with Crippen molar-refractivity contribution >= 4 is 23.5 Å². The second-order valence-electron chi connectivity index (χ2n) is 6.60. The number of esters is 1. The van der Waals surface area contributed by atoms with Crippen LogP contribution in [0.5, 0.6) is 0 Å². The Labute approximate surface area is 163 Å². The van der Waals surface area contributed by atoms with E-state index in [0.717, 1.165) is 5.56 Å². The summed E-state index contributed by atoms with van der Waals surface area (Å²) < 4.78 is 18.7. The third kappa shape index (κ3) is 5.64. The summed E-state index contributed by atoms with van der Waals surface area (Å²) in [4.78, 5) is 36.5. The van der Waals surface area contributed by atoms with Crippen LogP contribution in [0.1, 0.15) is 35.3 Å². The molecular formula is C21H23FN2O4. The van der Waals surface area contributed by atoms with Gasteiger partial charge in [-0.2, -0.15) is 0 Å². The van der Waals surface area contributed by atoms with Gasteiger partial charge in [-0.05, 0) is 57.5 Å². The minimum Gasteiger partial charge on any atom is -0.451 e. The van der Waals surface area contributed by atoms with Crippen LogP contribution in [0.25, 0.3) is 0 Å². The predicted octanol–water partition coefficient (Wildman–Crippen LogP) is 3.13. The summed E-state index contributed by atoms with van der Waals surface area (Å²) in [6.45, 7) is 6.33. The maximum Gasteiger partial charge on any atom is 0.329 e. The van der Waals surface area contributed by atoms with Crippen molar-refractivity contribution in [3.05, 3.63) is 65.0 Å². The van der Waals surface area contributed by atoms with E-state index < -0.39 is 35.7 Å². The molecule has 6 nitrogen and oxygen atoms in total. The Morgan fingerprint density at radius 3 is 2.39 bits per heavy atom. The van der Waals surface area contributed by atoms with Gasteiger partial charge in [-0.15, -0.1) is 0 Å². The molecule has 0 fully saturated rings. The van der Waals surface area contributed by atoms with Crippen molar-refractivity contribution < 1.29 is 23.5 Å². The molecule has 0 heterocycles. The molecule has 0 saturated heterocycles. The molecule has 2 N–H and O–H groups in total. The Hall–Kier alpha value is -3.22. The summed E-state index contributed by atoms with van der Waals surface area (Å²) in [6.07, 6.45) is -1.12. The van der Waals surface area contributed by atoms with Crippen molar-refractivity contribution in [2.45, 2.75) is 39.8 Å². The van der Waals surface area contributed by atoms with Crippen molar-refractivity contribution in [1.29, 1.82) is 0 Å². The molecule has 28 heavy (non-hydrogen) atoms. The largest absolute Gasteiger partial charge is 0.451 e. The number of carbonyl (C=O) groups is 3. The molecule has 0 spiro atoms. The first-order valence-electron chi connectivity index (χ1n) is 8.82. The average Bonchev–Trinajstić information content (AvgIpc) is 2.64. The Morgan fingerprint density at radius 1 is 1.04 bits per heavy atom. The van der Waals surface area contributed by atoms with Gasteiger partial charge in [0.2, 0.25) is 0 Å². The number of hydrogen-bond acceptors (Lipinski definition) is 4. The van der Waals surface area contributed by atoms with Crippen LogP contribution >= 0.6 is 0 Å². The van der Waals surface area contributed by atoms with E-state index in [1.807, 2.05) is 13.0 Å². The number of rotatable bonds is 6. The predicted molar refractivity (Wildman–Crippen MR) is 103 cm³/mol. The second kappa shape index (κ2) is 9.12.